The molecule has 1 saturated carbocycles. The van der Waals surface area contributed by atoms with Crippen molar-refractivity contribution in [3.05, 3.63) is 0 Å². The van der Waals surface area contributed by atoms with E-state index in [2.05, 4.69) is 10.6 Å². The van der Waals surface area contributed by atoms with Crippen LogP contribution in [0.4, 0.5) is 4.79 Å². The average Bonchev–Trinajstić information content (AvgIpc) is 2.84. The molecule has 0 unspecified atom stereocenters. The lowest BCUT2D eigenvalue weighted by Gasteiger charge is -2.23. The molecular formula is C12H21N3O4. The van der Waals surface area contributed by atoms with E-state index in [0.717, 1.165) is 0 Å². The fraction of sp³-hybridized carbons (Fsp3) is 0.750. The molecule has 19 heavy (non-hydrogen) atoms. The highest BCUT2D eigenvalue weighted by molar-refractivity contribution is 5.84. The molecule has 0 bridgehead atoms. The Morgan fingerprint density at radius 1 is 1.32 bits per heavy atom. The SMILES string of the molecule is CCN(CC(=O)NC)C(=O)N[C@H]1CC[C@@H](C(=O)O)C1. The van der Waals surface area contributed by atoms with Gasteiger partial charge in [0.1, 0.15) is 6.54 Å². The summed E-state index contributed by atoms with van der Waals surface area (Å²) in [6.45, 7) is 2.22. The fourth-order valence-electron chi connectivity index (χ4n) is 2.18. The van der Waals surface area contributed by atoms with Gasteiger partial charge in [-0.2, -0.15) is 0 Å². The van der Waals surface area contributed by atoms with Crippen molar-refractivity contribution in [3.8, 4) is 0 Å². The quantitative estimate of drug-likeness (QED) is 0.656. The van der Waals surface area contributed by atoms with Crippen LogP contribution in [0.5, 0.6) is 0 Å². The van der Waals surface area contributed by atoms with Gasteiger partial charge in [0.2, 0.25) is 5.91 Å². The van der Waals surface area contributed by atoms with Gasteiger partial charge in [-0.15, -0.1) is 0 Å². The van der Waals surface area contributed by atoms with E-state index in [0.29, 0.717) is 25.8 Å². The maximum atomic E-state index is 11.9. The van der Waals surface area contributed by atoms with Gasteiger partial charge in [-0.1, -0.05) is 0 Å². The number of hydrogen-bond acceptors (Lipinski definition) is 3. The van der Waals surface area contributed by atoms with Crippen molar-refractivity contribution in [3.63, 3.8) is 0 Å². The van der Waals surface area contributed by atoms with Gasteiger partial charge in [-0.3, -0.25) is 9.59 Å². The standard InChI is InChI=1S/C12H21N3O4/c1-3-15(7-10(16)13-2)12(19)14-9-5-4-8(6-9)11(17)18/h8-9H,3-7H2,1-2H3,(H,13,16)(H,14,19)(H,17,18)/t8-,9+/m1/s1. The van der Waals surface area contributed by atoms with Gasteiger partial charge in [-0.05, 0) is 26.2 Å². The summed E-state index contributed by atoms with van der Waals surface area (Å²) in [6, 6.07) is -0.436. The Morgan fingerprint density at radius 3 is 2.47 bits per heavy atom. The van der Waals surface area contributed by atoms with Crippen LogP contribution in [0.25, 0.3) is 0 Å². The molecule has 0 aliphatic heterocycles. The first-order valence-corrected chi connectivity index (χ1v) is 6.46. The minimum atomic E-state index is -0.811. The number of carbonyl (C=O) groups is 3. The Bertz CT molecular complexity index is 359. The number of amides is 3. The van der Waals surface area contributed by atoms with Crippen LogP contribution in [0.1, 0.15) is 26.2 Å². The molecule has 0 saturated heterocycles. The monoisotopic (exact) mass is 271 g/mol. The lowest BCUT2D eigenvalue weighted by molar-refractivity contribution is -0.141. The fourth-order valence-corrected chi connectivity index (χ4v) is 2.18. The molecule has 1 aliphatic rings. The van der Waals surface area contributed by atoms with E-state index in [1.165, 1.54) is 11.9 Å². The second-order valence-corrected chi connectivity index (χ2v) is 4.68. The predicted molar refractivity (Wildman–Crippen MR) is 68.6 cm³/mol. The largest absolute Gasteiger partial charge is 0.481 e. The number of rotatable bonds is 5. The van der Waals surface area contributed by atoms with E-state index in [1.807, 2.05) is 0 Å². The first-order valence-electron chi connectivity index (χ1n) is 6.46. The van der Waals surface area contributed by atoms with Crippen molar-refractivity contribution < 1.29 is 19.5 Å². The summed E-state index contributed by atoms with van der Waals surface area (Å²) in [4.78, 5) is 35.4. The second kappa shape index (κ2) is 6.96. The highest BCUT2D eigenvalue weighted by atomic mass is 16.4. The van der Waals surface area contributed by atoms with Crippen LogP contribution in [-0.4, -0.2) is 54.1 Å². The summed E-state index contributed by atoms with van der Waals surface area (Å²) in [5, 5.41) is 14.1. The minimum absolute atomic E-state index is 0.00785. The highest BCUT2D eigenvalue weighted by Gasteiger charge is 2.31. The number of urea groups is 1. The third-order valence-electron chi connectivity index (χ3n) is 3.39. The number of likely N-dealkylation sites (N-methyl/N-ethyl adjacent to an activating group) is 2. The second-order valence-electron chi connectivity index (χ2n) is 4.68. The molecule has 108 valence electrons. The first-order chi connectivity index (χ1) is 8.97. The minimum Gasteiger partial charge on any atom is -0.481 e. The van der Waals surface area contributed by atoms with E-state index < -0.39 is 5.97 Å². The van der Waals surface area contributed by atoms with Crippen molar-refractivity contribution >= 4 is 17.9 Å². The Kier molecular flexibility index (Phi) is 5.59. The van der Waals surface area contributed by atoms with Crippen LogP contribution in [0.3, 0.4) is 0 Å². The number of aliphatic carboxylic acids is 1. The van der Waals surface area contributed by atoms with E-state index in [-0.39, 0.29) is 30.4 Å². The van der Waals surface area contributed by atoms with Gasteiger partial charge in [0.15, 0.2) is 0 Å². The van der Waals surface area contributed by atoms with Crippen molar-refractivity contribution in [2.75, 3.05) is 20.1 Å². The molecule has 0 heterocycles. The van der Waals surface area contributed by atoms with E-state index in [9.17, 15) is 14.4 Å². The summed E-state index contributed by atoms with van der Waals surface area (Å²) in [5.74, 6) is -1.42. The van der Waals surface area contributed by atoms with Gasteiger partial charge in [0.25, 0.3) is 0 Å². The van der Waals surface area contributed by atoms with Gasteiger partial charge < -0.3 is 20.6 Å². The van der Waals surface area contributed by atoms with E-state index in [1.54, 1.807) is 6.92 Å². The highest BCUT2D eigenvalue weighted by Crippen LogP contribution is 2.25. The predicted octanol–water partition coefficient (Wildman–Crippen LogP) is 0.0172. The Labute approximate surface area is 112 Å². The summed E-state index contributed by atoms with van der Waals surface area (Å²) in [5.41, 5.74) is 0. The van der Waals surface area contributed by atoms with Crippen molar-refractivity contribution in [1.29, 1.82) is 0 Å². The number of carboxylic acids is 1. The Hall–Kier alpha value is -1.79. The van der Waals surface area contributed by atoms with Gasteiger partial charge in [0, 0.05) is 19.6 Å². The molecular weight excluding hydrogens is 250 g/mol. The van der Waals surface area contributed by atoms with Crippen LogP contribution >= 0.6 is 0 Å². The molecule has 3 N–H and O–H groups in total. The first kappa shape index (κ1) is 15.3. The van der Waals surface area contributed by atoms with Crippen LogP contribution in [0, 0.1) is 5.92 Å². The van der Waals surface area contributed by atoms with E-state index in [4.69, 9.17) is 5.11 Å². The molecule has 7 heteroatoms. The van der Waals surface area contributed by atoms with Gasteiger partial charge >= 0.3 is 12.0 Å². The zero-order valence-electron chi connectivity index (χ0n) is 11.3. The van der Waals surface area contributed by atoms with Crippen molar-refractivity contribution in [2.45, 2.75) is 32.2 Å². The summed E-state index contributed by atoms with van der Waals surface area (Å²) in [6.07, 6.45) is 1.71. The van der Waals surface area contributed by atoms with Crippen molar-refractivity contribution in [2.24, 2.45) is 5.92 Å². The lowest BCUT2D eigenvalue weighted by atomic mass is 10.1. The molecule has 7 nitrogen and oxygen atoms in total. The molecule has 0 spiro atoms. The zero-order valence-corrected chi connectivity index (χ0v) is 11.3. The number of nitrogens with zero attached hydrogens (tertiary/aromatic N) is 1. The van der Waals surface area contributed by atoms with Crippen LogP contribution < -0.4 is 10.6 Å². The molecule has 0 aromatic heterocycles. The maximum absolute atomic E-state index is 11.9. The lowest BCUT2D eigenvalue weighted by Crippen LogP contribution is -2.47. The number of carbonyl (C=O) groups excluding carboxylic acids is 2. The molecule has 2 atom stereocenters. The third-order valence-corrected chi connectivity index (χ3v) is 3.39. The van der Waals surface area contributed by atoms with Crippen LogP contribution in [0.2, 0.25) is 0 Å². The molecule has 1 fully saturated rings. The molecule has 1 aliphatic carbocycles. The maximum Gasteiger partial charge on any atom is 0.318 e. The molecule has 0 radical (unpaired) electrons. The number of carboxylic acid groups (broad SMARTS) is 1. The van der Waals surface area contributed by atoms with E-state index >= 15 is 0 Å². The van der Waals surface area contributed by atoms with Crippen LogP contribution in [0.15, 0.2) is 0 Å². The van der Waals surface area contributed by atoms with Crippen LogP contribution in [-0.2, 0) is 9.59 Å². The molecule has 3 amide bonds. The zero-order chi connectivity index (χ0) is 14.4. The smallest absolute Gasteiger partial charge is 0.318 e. The number of hydrogen-bond donors (Lipinski definition) is 3. The normalized spacial score (nSPS) is 21.8. The Morgan fingerprint density at radius 2 is 2.00 bits per heavy atom. The Balaban J connectivity index is 2.45. The molecule has 0 aromatic rings. The summed E-state index contributed by atoms with van der Waals surface area (Å²) >= 11 is 0. The summed E-state index contributed by atoms with van der Waals surface area (Å²) < 4.78 is 0. The molecule has 1 rings (SSSR count). The third kappa shape index (κ3) is 4.42. The van der Waals surface area contributed by atoms with Crippen molar-refractivity contribution in [1.82, 2.24) is 15.5 Å². The van der Waals surface area contributed by atoms with Gasteiger partial charge in [0.05, 0.1) is 5.92 Å². The topological polar surface area (TPSA) is 98.7 Å². The number of nitrogens with one attached hydrogen (secondary N) is 2. The average molecular weight is 271 g/mol. The van der Waals surface area contributed by atoms with Gasteiger partial charge in [-0.25, -0.2) is 4.79 Å². The summed E-state index contributed by atoms with van der Waals surface area (Å²) in [7, 11) is 1.52. The molecule has 0 aromatic carbocycles.